The van der Waals surface area contributed by atoms with Gasteiger partial charge in [0.15, 0.2) is 0 Å². The fraction of sp³-hybridized carbons (Fsp3) is 0.647. The van der Waals surface area contributed by atoms with Gasteiger partial charge in [0.1, 0.15) is 0 Å². The highest BCUT2D eigenvalue weighted by Gasteiger charge is 2.26. The monoisotopic (exact) mass is 272 g/mol. The summed E-state index contributed by atoms with van der Waals surface area (Å²) in [6.45, 7) is 1.86. The molecule has 0 radical (unpaired) electrons. The second kappa shape index (κ2) is 6.38. The minimum Gasteiger partial charge on any atom is -0.343 e. The maximum Gasteiger partial charge on any atom is 0.222 e. The molecule has 0 N–H and O–H groups in total. The molecule has 2 fully saturated rings. The predicted molar refractivity (Wildman–Crippen MR) is 79.4 cm³/mol. The molecule has 1 amide bonds. The van der Waals surface area contributed by atoms with Crippen LogP contribution >= 0.6 is 0 Å². The van der Waals surface area contributed by atoms with Crippen LogP contribution < -0.4 is 0 Å². The molecular formula is C17H24N2O. The van der Waals surface area contributed by atoms with E-state index in [0.29, 0.717) is 17.7 Å². The van der Waals surface area contributed by atoms with Crippen molar-refractivity contribution in [2.45, 2.75) is 50.9 Å². The zero-order valence-corrected chi connectivity index (χ0v) is 12.1. The normalized spacial score (nSPS) is 21.3. The molecule has 1 saturated heterocycles. The van der Waals surface area contributed by atoms with Crippen LogP contribution in [-0.4, -0.2) is 28.9 Å². The quantitative estimate of drug-likeness (QED) is 0.845. The number of piperidine rings is 1. The lowest BCUT2D eigenvalue weighted by Crippen LogP contribution is -2.38. The van der Waals surface area contributed by atoms with E-state index >= 15 is 0 Å². The molecule has 0 unspecified atom stereocenters. The van der Waals surface area contributed by atoms with E-state index in [4.69, 9.17) is 0 Å². The van der Waals surface area contributed by atoms with Gasteiger partial charge in [-0.3, -0.25) is 9.78 Å². The Labute approximate surface area is 121 Å². The van der Waals surface area contributed by atoms with Gasteiger partial charge < -0.3 is 4.90 Å². The summed E-state index contributed by atoms with van der Waals surface area (Å²) in [6, 6.07) is 4.22. The van der Waals surface area contributed by atoms with E-state index in [-0.39, 0.29) is 0 Å². The van der Waals surface area contributed by atoms with E-state index in [2.05, 4.69) is 22.0 Å². The van der Waals surface area contributed by atoms with Gasteiger partial charge in [-0.05, 0) is 55.2 Å². The third-order valence-electron chi connectivity index (χ3n) is 4.96. The molecule has 108 valence electrons. The van der Waals surface area contributed by atoms with Crippen molar-refractivity contribution in [3.8, 4) is 0 Å². The number of likely N-dealkylation sites (tertiary alicyclic amines) is 1. The molecule has 0 spiro atoms. The Balaban J connectivity index is 1.49. The molecule has 2 aliphatic rings. The van der Waals surface area contributed by atoms with E-state index < -0.39 is 0 Å². The maximum absolute atomic E-state index is 12.3. The number of hydrogen-bond acceptors (Lipinski definition) is 2. The van der Waals surface area contributed by atoms with Crippen molar-refractivity contribution in [2.24, 2.45) is 5.92 Å². The third kappa shape index (κ3) is 3.20. The predicted octanol–water partition coefficient (Wildman–Crippen LogP) is 3.37. The van der Waals surface area contributed by atoms with Gasteiger partial charge in [0.05, 0.1) is 0 Å². The number of carbonyl (C=O) groups excluding carboxylic acids is 1. The zero-order chi connectivity index (χ0) is 13.8. The lowest BCUT2D eigenvalue weighted by atomic mass is 9.89. The van der Waals surface area contributed by atoms with Crippen molar-refractivity contribution in [1.82, 2.24) is 9.88 Å². The first kappa shape index (κ1) is 13.6. The molecule has 1 aromatic rings. The number of nitrogens with zero attached hydrogens (tertiary/aromatic N) is 2. The number of rotatable bonds is 3. The second-order valence-electron chi connectivity index (χ2n) is 6.29. The lowest BCUT2D eigenvalue weighted by molar-refractivity contribution is -0.133. The molecule has 0 aromatic carbocycles. The van der Waals surface area contributed by atoms with Crippen molar-refractivity contribution in [2.75, 3.05) is 13.1 Å². The Morgan fingerprint density at radius 2 is 1.75 bits per heavy atom. The van der Waals surface area contributed by atoms with Crippen molar-refractivity contribution < 1.29 is 4.79 Å². The Morgan fingerprint density at radius 1 is 1.10 bits per heavy atom. The Bertz CT molecular complexity index is 432. The number of amides is 1. The van der Waals surface area contributed by atoms with Gasteiger partial charge in [0.25, 0.3) is 0 Å². The van der Waals surface area contributed by atoms with E-state index in [1.807, 2.05) is 12.4 Å². The fourth-order valence-corrected chi connectivity index (χ4v) is 3.69. The molecule has 3 heteroatoms. The van der Waals surface area contributed by atoms with Crippen LogP contribution in [0.3, 0.4) is 0 Å². The average Bonchev–Trinajstić information content (AvgIpc) is 3.01. The zero-order valence-electron chi connectivity index (χ0n) is 12.1. The first-order valence-electron chi connectivity index (χ1n) is 8.00. The third-order valence-corrected chi connectivity index (χ3v) is 4.96. The molecular weight excluding hydrogens is 248 g/mol. The van der Waals surface area contributed by atoms with Gasteiger partial charge in [-0.25, -0.2) is 0 Å². The van der Waals surface area contributed by atoms with Gasteiger partial charge in [-0.15, -0.1) is 0 Å². The smallest absolute Gasteiger partial charge is 0.222 e. The summed E-state index contributed by atoms with van der Waals surface area (Å²) in [6.07, 6.45) is 11.9. The summed E-state index contributed by atoms with van der Waals surface area (Å²) in [7, 11) is 0. The Hall–Kier alpha value is -1.38. The fourth-order valence-electron chi connectivity index (χ4n) is 3.69. The summed E-state index contributed by atoms with van der Waals surface area (Å²) in [5, 5.41) is 0. The van der Waals surface area contributed by atoms with Crippen LogP contribution in [0.2, 0.25) is 0 Å². The topological polar surface area (TPSA) is 33.2 Å². The van der Waals surface area contributed by atoms with E-state index in [1.165, 1.54) is 31.2 Å². The summed E-state index contributed by atoms with van der Waals surface area (Å²) >= 11 is 0. The molecule has 0 atom stereocenters. The number of aromatic nitrogens is 1. The Kier molecular flexibility index (Phi) is 4.34. The minimum atomic E-state index is 0.394. The van der Waals surface area contributed by atoms with Crippen LogP contribution in [0.15, 0.2) is 24.5 Å². The molecule has 2 heterocycles. The first-order chi connectivity index (χ1) is 9.83. The van der Waals surface area contributed by atoms with Gasteiger partial charge >= 0.3 is 0 Å². The summed E-state index contributed by atoms with van der Waals surface area (Å²) < 4.78 is 0. The molecule has 1 aliphatic heterocycles. The van der Waals surface area contributed by atoms with Crippen LogP contribution in [0.25, 0.3) is 0 Å². The average molecular weight is 272 g/mol. The summed E-state index contributed by atoms with van der Waals surface area (Å²) in [5.74, 6) is 1.67. The molecule has 1 saturated carbocycles. The highest BCUT2D eigenvalue weighted by Crippen LogP contribution is 2.31. The lowest BCUT2D eigenvalue weighted by Gasteiger charge is -2.32. The van der Waals surface area contributed by atoms with Gasteiger partial charge in [0.2, 0.25) is 5.91 Å². The largest absolute Gasteiger partial charge is 0.343 e. The number of pyridine rings is 1. The molecule has 3 nitrogen and oxygen atoms in total. The highest BCUT2D eigenvalue weighted by atomic mass is 16.2. The van der Waals surface area contributed by atoms with Crippen molar-refractivity contribution in [1.29, 1.82) is 0 Å². The molecule has 1 aromatic heterocycles. The summed E-state index contributed by atoms with van der Waals surface area (Å²) in [5.41, 5.74) is 1.38. The van der Waals surface area contributed by atoms with Crippen molar-refractivity contribution in [3.05, 3.63) is 30.1 Å². The highest BCUT2D eigenvalue weighted by molar-refractivity contribution is 5.76. The van der Waals surface area contributed by atoms with Crippen LogP contribution in [0.4, 0.5) is 0 Å². The molecule has 1 aliphatic carbocycles. The molecule has 3 rings (SSSR count). The van der Waals surface area contributed by atoms with Crippen molar-refractivity contribution >= 4 is 5.91 Å². The second-order valence-corrected chi connectivity index (χ2v) is 6.29. The molecule has 20 heavy (non-hydrogen) atoms. The van der Waals surface area contributed by atoms with Gasteiger partial charge in [-0.1, -0.05) is 12.8 Å². The maximum atomic E-state index is 12.3. The first-order valence-corrected chi connectivity index (χ1v) is 8.00. The van der Waals surface area contributed by atoms with E-state index in [1.54, 1.807) is 0 Å². The van der Waals surface area contributed by atoms with Gasteiger partial charge in [0, 0.05) is 31.9 Å². The Morgan fingerprint density at radius 3 is 2.40 bits per heavy atom. The van der Waals surface area contributed by atoms with E-state index in [0.717, 1.165) is 32.4 Å². The van der Waals surface area contributed by atoms with E-state index in [9.17, 15) is 4.79 Å². The number of hydrogen-bond donors (Lipinski definition) is 0. The van der Waals surface area contributed by atoms with Crippen LogP contribution in [-0.2, 0) is 4.79 Å². The SMILES string of the molecule is O=C(CC1CCCC1)N1CCC(c2ccncc2)CC1. The van der Waals surface area contributed by atoms with Gasteiger partial charge in [-0.2, -0.15) is 0 Å². The molecule has 0 bridgehead atoms. The minimum absolute atomic E-state index is 0.394. The number of carbonyl (C=O) groups is 1. The summed E-state index contributed by atoms with van der Waals surface area (Å²) in [4.78, 5) is 18.5. The van der Waals surface area contributed by atoms with Crippen molar-refractivity contribution in [3.63, 3.8) is 0 Å². The van der Waals surface area contributed by atoms with Crippen LogP contribution in [0.5, 0.6) is 0 Å². The van der Waals surface area contributed by atoms with Crippen LogP contribution in [0, 0.1) is 5.92 Å². The van der Waals surface area contributed by atoms with Crippen LogP contribution in [0.1, 0.15) is 56.4 Å². The standard InChI is InChI=1S/C17H24N2O/c20-17(13-14-3-1-2-4-14)19-11-7-16(8-12-19)15-5-9-18-10-6-15/h5-6,9-10,14,16H,1-4,7-8,11-13H2.